The van der Waals surface area contributed by atoms with Crippen LogP contribution in [0.3, 0.4) is 0 Å². The molecule has 3 heteroatoms. The van der Waals surface area contributed by atoms with Crippen LogP contribution in [0, 0.1) is 11.3 Å². The summed E-state index contributed by atoms with van der Waals surface area (Å²) in [6, 6.07) is 0.478. The Labute approximate surface area is 105 Å². The molecule has 0 aliphatic carbocycles. The van der Waals surface area contributed by atoms with E-state index in [1.54, 1.807) is 0 Å². The van der Waals surface area contributed by atoms with Gasteiger partial charge in [0.2, 0.25) is 0 Å². The molecular formula is C14H27NO2. The van der Waals surface area contributed by atoms with E-state index in [0.717, 1.165) is 38.8 Å². The number of piperidine rings is 1. The Morgan fingerprint density at radius 3 is 2.53 bits per heavy atom. The molecule has 100 valence electrons. The van der Waals surface area contributed by atoms with E-state index < -0.39 is 11.4 Å². The molecule has 1 N–H and O–H groups in total. The summed E-state index contributed by atoms with van der Waals surface area (Å²) in [6.07, 6.45) is 3.63. The first kappa shape index (κ1) is 14.5. The fraction of sp³-hybridized carbons (Fsp3) is 0.929. The molecule has 0 aromatic heterocycles. The van der Waals surface area contributed by atoms with Crippen LogP contribution in [0.1, 0.15) is 53.4 Å². The Bertz CT molecular complexity index is 261. The van der Waals surface area contributed by atoms with Crippen LogP contribution in [-0.4, -0.2) is 35.1 Å². The molecule has 1 aliphatic rings. The summed E-state index contributed by atoms with van der Waals surface area (Å²) in [7, 11) is 0. The minimum absolute atomic E-state index is 0.478. The molecule has 0 aromatic rings. The molecule has 1 heterocycles. The first-order chi connectivity index (χ1) is 7.93. The molecule has 0 amide bonds. The fourth-order valence-electron chi connectivity index (χ4n) is 2.90. The minimum atomic E-state index is -0.597. The summed E-state index contributed by atoms with van der Waals surface area (Å²) in [5.41, 5.74) is -0.490. The number of hydrogen-bond donors (Lipinski definition) is 1. The van der Waals surface area contributed by atoms with E-state index in [4.69, 9.17) is 0 Å². The molecule has 1 saturated heterocycles. The third-order valence-corrected chi connectivity index (χ3v) is 4.33. The van der Waals surface area contributed by atoms with Crippen LogP contribution < -0.4 is 0 Å². The molecule has 2 atom stereocenters. The van der Waals surface area contributed by atoms with E-state index in [9.17, 15) is 9.90 Å². The van der Waals surface area contributed by atoms with Gasteiger partial charge in [0.1, 0.15) is 0 Å². The number of aliphatic carboxylic acids is 1. The maximum atomic E-state index is 11.6. The van der Waals surface area contributed by atoms with Crippen LogP contribution >= 0.6 is 0 Å². The number of hydrogen-bond acceptors (Lipinski definition) is 2. The van der Waals surface area contributed by atoms with Crippen molar-refractivity contribution in [1.82, 2.24) is 4.90 Å². The fourth-order valence-corrected chi connectivity index (χ4v) is 2.90. The van der Waals surface area contributed by atoms with Gasteiger partial charge in [-0.2, -0.15) is 0 Å². The van der Waals surface area contributed by atoms with Crippen molar-refractivity contribution in [2.45, 2.75) is 59.4 Å². The van der Waals surface area contributed by atoms with Crippen LogP contribution in [0.25, 0.3) is 0 Å². The molecular weight excluding hydrogens is 214 g/mol. The number of nitrogens with zero attached hydrogens (tertiary/aromatic N) is 1. The Morgan fingerprint density at radius 2 is 2.06 bits per heavy atom. The van der Waals surface area contributed by atoms with Crippen molar-refractivity contribution in [3.8, 4) is 0 Å². The van der Waals surface area contributed by atoms with Crippen molar-refractivity contribution >= 4 is 5.97 Å². The molecule has 2 unspecified atom stereocenters. The van der Waals surface area contributed by atoms with Crippen molar-refractivity contribution in [3.63, 3.8) is 0 Å². The normalized spacial score (nSPS) is 28.3. The summed E-state index contributed by atoms with van der Waals surface area (Å²) < 4.78 is 0. The smallest absolute Gasteiger partial charge is 0.310 e. The maximum absolute atomic E-state index is 11.6. The zero-order chi connectivity index (χ0) is 13.1. The van der Waals surface area contributed by atoms with Gasteiger partial charge in [-0.15, -0.1) is 0 Å². The first-order valence-corrected chi connectivity index (χ1v) is 6.90. The van der Waals surface area contributed by atoms with Crippen LogP contribution in [0.15, 0.2) is 0 Å². The van der Waals surface area contributed by atoms with Crippen molar-refractivity contribution in [2.75, 3.05) is 13.1 Å². The van der Waals surface area contributed by atoms with Crippen molar-refractivity contribution in [1.29, 1.82) is 0 Å². The van der Waals surface area contributed by atoms with Gasteiger partial charge in [0.15, 0.2) is 0 Å². The predicted octanol–water partition coefficient (Wildman–Crippen LogP) is 3.00. The third kappa shape index (κ3) is 3.21. The van der Waals surface area contributed by atoms with Gasteiger partial charge >= 0.3 is 5.97 Å². The molecule has 0 saturated carbocycles. The Kier molecular flexibility index (Phi) is 4.99. The number of likely N-dealkylation sites (tertiary alicyclic amines) is 1. The van der Waals surface area contributed by atoms with Gasteiger partial charge in [-0.05, 0) is 38.6 Å². The molecule has 1 aliphatic heterocycles. The van der Waals surface area contributed by atoms with E-state index in [-0.39, 0.29) is 0 Å². The van der Waals surface area contributed by atoms with Crippen LogP contribution in [0.4, 0.5) is 0 Å². The van der Waals surface area contributed by atoms with Crippen molar-refractivity contribution in [3.05, 3.63) is 0 Å². The number of rotatable bonds is 5. The quantitative estimate of drug-likeness (QED) is 0.804. The predicted molar refractivity (Wildman–Crippen MR) is 70.1 cm³/mol. The molecule has 0 spiro atoms. The summed E-state index contributed by atoms with van der Waals surface area (Å²) in [6.45, 7) is 10.5. The topological polar surface area (TPSA) is 40.5 Å². The summed E-state index contributed by atoms with van der Waals surface area (Å²) >= 11 is 0. The lowest BCUT2D eigenvalue weighted by atomic mass is 9.75. The Hall–Kier alpha value is -0.570. The van der Waals surface area contributed by atoms with E-state index >= 15 is 0 Å². The van der Waals surface area contributed by atoms with Gasteiger partial charge in [0.05, 0.1) is 5.41 Å². The first-order valence-electron chi connectivity index (χ1n) is 6.90. The van der Waals surface area contributed by atoms with Gasteiger partial charge in [0, 0.05) is 12.6 Å². The molecule has 3 nitrogen and oxygen atoms in total. The highest BCUT2D eigenvalue weighted by atomic mass is 16.4. The minimum Gasteiger partial charge on any atom is -0.481 e. The zero-order valence-electron chi connectivity index (χ0n) is 11.7. The van der Waals surface area contributed by atoms with E-state index in [1.807, 2.05) is 0 Å². The highest BCUT2D eigenvalue weighted by molar-refractivity contribution is 5.75. The van der Waals surface area contributed by atoms with Gasteiger partial charge in [0.25, 0.3) is 0 Å². The van der Waals surface area contributed by atoms with Gasteiger partial charge in [-0.25, -0.2) is 0 Å². The average molecular weight is 241 g/mol. The zero-order valence-corrected chi connectivity index (χ0v) is 11.7. The maximum Gasteiger partial charge on any atom is 0.310 e. The van der Waals surface area contributed by atoms with Gasteiger partial charge in [-0.3, -0.25) is 9.69 Å². The van der Waals surface area contributed by atoms with Gasteiger partial charge in [-0.1, -0.05) is 27.2 Å². The van der Waals surface area contributed by atoms with Crippen LogP contribution in [0.2, 0.25) is 0 Å². The standard InChI is InChI=1S/C14H27NO2/c1-5-7-14(13(16)17)8-6-9-15(10-14)12(4)11(2)3/h11-12H,5-10H2,1-4H3,(H,16,17). The van der Waals surface area contributed by atoms with E-state index in [1.165, 1.54) is 0 Å². The Morgan fingerprint density at radius 1 is 1.41 bits per heavy atom. The third-order valence-electron chi connectivity index (χ3n) is 4.33. The van der Waals surface area contributed by atoms with Gasteiger partial charge < -0.3 is 5.11 Å². The summed E-state index contributed by atoms with van der Waals surface area (Å²) in [5, 5.41) is 9.53. The van der Waals surface area contributed by atoms with Crippen molar-refractivity contribution in [2.24, 2.45) is 11.3 Å². The van der Waals surface area contributed by atoms with E-state index in [2.05, 4.69) is 32.6 Å². The lowest BCUT2D eigenvalue weighted by Gasteiger charge is -2.43. The summed E-state index contributed by atoms with van der Waals surface area (Å²) in [5.74, 6) is -0.0128. The average Bonchev–Trinajstić information content (AvgIpc) is 2.28. The largest absolute Gasteiger partial charge is 0.481 e. The number of carboxylic acid groups (broad SMARTS) is 1. The van der Waals surface area contributed by atoms with E-state index in [0.29, 0.717) is 12.0 Å². The molecule has 0 aromatic carbocycles. The van der Waals surface area contributed by atoms with Crippen molar-refractivity contribution < 1.29 is 9.90 Å². The number of carbonyl (C=O) groups is 1. The SMILES string of the molecule is CCCC1(C(=O)O)CCCN(C(C)C(C)C)C1. The highest BCUT2D eigenvalue weighted by Crippen LogP contribution is 2.36. The second-order valence-corrected chi connectivity index (χ2v) is 5.89. The number of carboxylic acids is 1. The Balaban J connectivity index is 2.78. The molecule has 0 radical (unpaired) electrons. The molecule has 1 fully saturated rings. The van der Waals surface area contributed by atoms with Crippen LogP contribution in [-0.2, 0) is 4.79 Å². The monoisotopic (exact) mass is 241 g/mol. The highest BCUT2D eigenvalue weighted by Gasteiger charge is 2.42. The molecule has 0 bridgehead atoms. The van der Waals surface area contributed by atoms with Crippen LogP contribution in [0.5, 0.6) is 0 Å². The lowest BCUT2D eigenvalue weighted by molar-refractivity contribution is -0.154. The molecule has 17 heavy (non-hydrogen) atoms. The second kappa shape index (κ2) is 5.85. The molecule has 1 rings (SSSR count). The lowest BCUT2D eigenvalue weighted by Crippen LogP contribution is -2.51. The second-order valence-electron chi connectivity index (χ2n) is 5.89. The summed E-state index contributed by atoms with van der Waals surface area (Å²) in [4.78, 5) is 14.0.